The quantitative estimate of drug-likeness (QED) is 0.553. The number of carbonyl (C=O) groups excluding carboxylic acids is 1. The van der Waals surface area contributed by atoms with Gasteiger partial charge in [-0.2, -0.15) is 0 Å². The first kappa shape index (κ1) is 18.7. The molecule has 1 aromatic heterocycles. The Hall–Kier alpha value is -2.11. The average Bonchev–Trinajstić information content (AvgIpc) is 3.09. The minimum atomic E-state index is -0.0566. The van der Waals surface area contributed by atoms with E-state index in [9.17, 15) is 4.79 Å². The number of benzene rings is 2. The van der Waals surface area contributed by atoms with E-state index in [1.54, 1.807) is 12.3 Å². The molecule has 2 aromatic carbocycles. The van der Waals surface area contributed by atoms with Crippen molar-refractivity contribution in [3.05, 3.63) is 75.7 Å². The van der Waals surface area contributed by atoms with Gasteiger partial charge in [-0.25, -0.2) is 4.98 Å². The van der Waals surface area contributed by atoms with Crippen LogP contribution in [0.3, 0.4) is 0 Å². The molecule has 0 radical (unpaired) electrons. The lowest BCUT2D eigenvalue weighted by molar-refractivity contribution is -0.121. The fourth-order valence-corrected chi connectivity index (χ4v) is 3.07. The van der Waals surface area contributed by atoms with Crippen LogP contribution >= 0.6 is 27.5 Å². The van der Waals surface area contributed by atoms with Crippen molar-refractivity contribution in [2.75, 3.05) is 0 Å². The molecule has 6 heteroatoms. The van der Waals surface area contributed by atoms with Gasteiger partial charge in [-0.15, -0.1) is 0 Å². The van der Waals surface area contributed by atoms with Crippen LogP contribution in [0.15, 0.2) is 63.6 Å². The fraction of sp³-hybridized carbons (Fsp3) is 0.200. The molecule has 0 unspecified atom stereocenters. The monoisotopic (exact) mass is 432 g/mol. The summed E-state index contributed by atoms with van der Waals surface area (Å²) in [5.41, 5.74) is 1.85. The van der Waals surface area contributed by atoms with Gasteiger partial charge in [0.15, 0.2) is 11.7 Å². The number of rotatable bonds is 6. The molecule has 1 heterocycles. The molecule has 4 nitrogen and oxygen atoms in total. The normalized spacial score (nSPS) is 12.0. The Morgan fingerprint density at radius 2 is 1.96 bits per heavy atom. The van der Waals surface area contributed by atoms with Gasteiger partial charge in [-0.1, -0.05) is 51.8 Å². The minimum absolute atomic E-state index is 0.0436. The van der Waals surface area contributed by atoms with Crippen LogP contribution in [0.4, 0.5) is 0 Å². The summed E-state index contributed by atoms with van der Waals surface area (Å²) in [5.74, 6) is 1.08. The van der Waals surface area contributed by atoms with Crippen molar-refractivity contribution in [3.8, 4) is 11.3 Å². The van der Waals surface area contributed by atoms with E-state index in [-0.39, 0.29) is 11.9 Å². The van der Waals surface area contributed by atoms with Gasteiger partial charge in [0.2, 0.25) is 5.91 Å². The molecule has 26 heavy (non-hydrogen) atoms. The fourth-order valence-electron chi connectivity index (χ4n) is 2.58. The highest BCUT2D eigenvalue weighted by molar-refractivity contribution is 9.10. The molecule has 0 saturated carbocycles. The van der Waals surface area contributed by atoms with E-state index < -0.39 is 0 Å². The van der Waals surface area contributed by atoms with E-state index in [0.717, 1.165) is 15.6 Å². The van der Waals surface area contributed by atoms with Gasteiger partial charge in [0.05, 0.1) is 17.3 Å². The van der Waals surface area contributed by atoms with Crippen LogP contribution in [0.1, 0.15) is 30.8 Å². The van der Waals surface area contributed by atoms with Crippen molar-refractivity contribution >= 4 is 33.4 Å². The predicted molar refractivity (Wildman–Crippen MR) is 106 cm³/mol. The van der Waals surface area contributed by atoms with Gasteiger partial charge in [-0.05, 0) is 36.8 Å². The van der Waals surface area contributed by atoms with Crippen LogP contribution in [-0.2, 0) is 11.2 Å². The SMILES string of the molecule is C[C@H](NC(=O)CCc1ncc(-c2ccccc2Cl)o1)c1ccc(Br)cc1. The molecule has 1 amide bonds. The van der Waals surface area contributed by atoms with Crippen LogP contribution in [-0.4, -0.2) is 10.9 Å². The summed E-state index contributed by atoms with van der Waals surface area (Å²) in [7, 11) is 0. The molecule has 0 saturated heterocycles. The number of hydrogen-bond donors (Lipinski definition) is 1. The lowest BCUT2D eigenvalue weighted by Gasteiger charge is -2.14. The van der Waals surface area contributed by atoms with Gasteiger partial charge in [-0.3, -0.25) is 4.79 Å². The lowest BCUT2D eigenvalue weighted by Crippen LogP contribution is -2.26. The Kier molecular flexibility index (Phi) is 6.12. The second kappa shape index (κ2) is 8.52. The molecule has 0 aliphatic carbocycles. The highest BCUT2D eigenvalue weighted by Gasteiger charge is 2.13. The second-order valence-electron chi connectivity index (χ2n) is 5.94. The average molecular weight is 434 g/mol. The van der Waals surface area contributed by atoms with E-state index in [1.165, 1.54) is 0 Å². The van der Waals surface area contributed by atoms with Crippen molar-refractivity contribution in [3.63, 3.8) is 0 Å². The molecule has 0 aliphatic heterocycles. The Balaban J connectivity index is 1.55. The highest BCUT2D eigenvalue weighted by Crippen LogP contribution is 2.28. The summed E-state index contributed by atoms with van der Waals surface area (Å²) in [6.07, 6.45) is 2.38. The maximum Gasteiger partial charge on any atom is 0.220 e. The van der Waals surface area contributed by atoms with Gasteiger partial charge < -0.3 is 9.73 Å². The summed E-state index contributed by atoms with van der Waals surface area (Å²) < 4.78 is 6.73. The summed E-state index contributed by atoms with van der Waals surface area (Å²) >= 11 is 9.57. The van der Waals surface area contributed by atoms with E-state index in [4.69, 9.17) is 16.0 Å². The topological polar surface area (TPSA) is 55.1 Å². The third kappa shape index (κ3) is 4.74. The van der Waals surface area contributed by atoms with Gasteiger partial charge in [0.1, 0.15) is 0 Å². The third-order valence-corrected chi connectivity index (χ3v) is 4.86. The van der Waals surface area contributed by atoms with E-state index >= 15 is 0 Å². The van der Waals surface area contributed by atoms with Gasteiger partial charge in [0.25, 0.3) is 0 Å². The first-order valence-electron chi connectivity index (χ1n) is 8.27. The molecular weight excluding hydrogens is 416 g/mol. The number of aryl methyl sites for hydroxylation is 1. The number of amides is 1. The van der Waals surface area contributed by atoms with Crippen molar-refractivity contribution in [2.45, 2.75) is 25.8 Å². The maximum atomic E-state index is 12.2. The van der Waals surface area contributed by atoms with Crippen molar-refractivity contribution < 1.29 is 9.21 Å². The Morgan fingerprint density at radius 3 is 2.69 bits per heavy atom. The molecule has 0 aliphatic rings. The van der Waals surface area contributed by atoms with Crippen LogP contribution < -0.4 is 5.32 Å². The van der Waals surface area contributed by atoms with Crippen LogP contribution in [0, 0.1) is 0 Å². The summed E-state index contributed by atoms with van der Waals surface area (Å²) in [6, 6.07) is 15.3. The maximum absolute atomic E-state index is 12.2. The zero-order chi connectivity index (χ0) is 18.5. The molecule has 3 rings (SSSR count). The molecular formula is C20H18BrClN2O2. The molecule has 1 N–H and O–H groups in total. The zero-order valence-electron chi connectivity index (χ0n) is 14.2. The standard InChI is InChI=1S/C20H18BrClN2O2/c1-13(14-6-8-15(21)9-7-14)24-19(25)10-11-20-23-12-18(26-20)16-4-2-3-5-17(16)22/h2-9,12-13H,10-11H2,1H3,(H,24,25)/t13-/m0/s1. The molecule has 134 valence electrons. The molecule has 0 bridgehead atoms. The molecule has 1 atom stereocenters. The summed E-state index contributed by atoms with van der Waals surface area (Å²) in [6.45, 7) is 1.96. The van der Waals surface area contributed by atoms with Crippen molar-refractivity contribution in [1.29, 1.82) is 0 Å². The minimum Gasteiger partial charge on any atom is -0.441 e. The van der Waals surface area contributed by atoms with Crippen LogP contribution in [0.2, 0.25) is 5.02 Å². The zero-order valence-corrected chi connectivity index (χ0v) is 16.5. The van der Waals surface area contributed by atoms with Crippen LogP contribution in [0.5, 0.6) is 0 Å². The van der Waals surface area contributed by atoms with E-state index in [0.29, 0.717) is 29.5 Å². The largest absolute Gasteiger partial charge is 0.441 e. The molecule has 0 spiro atoms. The second-order valence-corrected chi connectivity index (χ2v) is 7.26. The van der Waals surface area contributed by atoms with Crippen molar-refractivity contribution in [2.24, 2.45) is 0 Å². The summed E-state index contributed by atoms with van der Waals surface area (Å²) in [4.78, 5) is 16.4. The number of nitrogens with one attached hydrogen (secondary N) is 1. The van der Waals surface area contributed by atoms with Gasteiger partial charge in [0, 0.05) is 22.9 Å². The Bertz CT molecular complexity index is 893. The van der Waals surface area contributed by atoms with Gasteiger partial charge >= 0.3 is 0 Å². The van der Waals surface area contributed by atoms with E-state index in [1.807, 2.05) is 49.4 Å². The van der Waals surface area contributed by atoms with Crippen LogP contribution in [0.25, 0.3) is 11.3 Å². The van der Waals surface area contributed by atoms with E-state index in [2.05, 4.69) is 26.2 Å². The molecule has 0 fully saturated rings. The number of carbonyl (C=O) groups is 1. The Morgan fingerprint density at radius 1 is 1.23 bits per heavy atom. The number of hydrogen-bond acceptors (Lipinski definition) is 3. The number of aromatic nitrogens is 1. The number of nitrogens with zero attached hydrogens (tertiary/aromatic N) is 1. The Labute approximate surface area is 165 Å². The smallest absolute Gasteiger partial charge is 0.220 e. The third-order valence-electron chi connectivity index (χ3n) is 4.01. The first-order valence-corrected chi connectivity index (χ1v) is 9.44. The lowest BCUT2D eigenvalue weighted by atomic mass is 10.1. The highest BCUT2D eigenvalue weighted by atomic mass is 79.9. The predicted octanol–water partition coefficient (Wildman–Crippen LogP) is 5.57. The number of oxazole rings is 1. The molecule has 3 aromatic rings. The number of halogens is 2. The van der Waals surface area contributed by atoms with Crippen molar-refractivity contribution in [1.82, 2.24) is 10.3 Å². The first-order chi connectivity index (χ1) is 12.5. The summed E-state index contributed by atoms with van der Waals surface area (Å²) in [5, 5.41) is 3.60.